The molecule has 2 heteroatoms. The van der Waals surface area contributed by atoms with Crippen molar-refractivity contribution in [3.63, 3.8) is 0 Å². The first-order chi connectivity index (χ1) is 10.3. The standard InChI is InChI=1S/C19H25NO/c1-2-3-4-5-16-10-12-19(13-11-16)20-14-17-6-8-18(15-21)9-7-17/h6-13,20-21H,2-5,14-15H2,1H3. The molecule has 2 nitrogen and oxygen atoms in total. The van der Waals surface area contributed by atoms with Gasteiger partial charge in [-0.3, -0.25) is 0 Å². The van der Waals surface area contributed by atoms with Crippen molar-refractivity contribution < 1.29 is 5.11 Å². The maximum atomic E-state index is 9.02. The molecule has 0 amide bonds. The second-order valence-corrected chi connectivity index (χ2v) is 5.48. The van der Waals surface area contributed by atoms with Crippen LogP contribution in [0.3, 0.4) is 0 Å². The topological polar surface area (TPSA) is 32.3 Å². The molecule has 2 rings (SSSR count). The Morgan fingerprint density at radius 2 is 1.43 bits per heavy atom. The van der Waals surface area contributed by atoms with Crippen LogP contribution >= 0.6 is 0 Å². The molecular formula is C19H25NO. The largest absolute Gasteiger partial charge is 0.392 e. The third-order valence-corrected chi connectivity index (χ3v) is 3.73. The molecule has 2 aromatic rings. The van der Waals surface area contributed by atoms with Gasteiger partial charge < -0.3 is 10.4 Å². The Bertz CT molecular complexity index is 516. The fourth-order valence-electron chi connectivity index (χ4n) is 2.34. The summed E-state index contributed by atoms with van der Waals surface area (Å²) in [5.74, 6) is 0. The zero-order valence-corrected chi connectivity index (χ0v) is 12.8. The van der Waals surface area contributed by atoms with Crippen molar-refractivity contribution >= 4 is 5.69 Å². The second kappa shape index (κ2) is 8.48. The van der Waals surface area contributed by atoms with Crippen molar-refractivity contribution in [1.82, 2.24) is 0 Å². The summed E-state index contributed by atoms with van der Waals surface area (Å²) in [6.07, 6.45) is 5.04. The molecule has 0 spiro atoms. The number of hydrogen-bond acceptors (Lipinski definition) is 2. The first-order valence-electron chi connectivity index (χ1n) is 7.83. The second-order valence-electron chi connectivity index (χ2n) is 5.48. The van der Waals surface area contributed by atoms with E-state index in [1.54, 1.807) is 0 Å². The van der Waals surface area contributed by atoms with Gasteiger partial charge in [0.1, 0.15) is 0 Å². The molecule has 21 heavy (non-hydrogen) atoms. The van der Waals surface area contributed by atoms with Gasteiger partial charge in [-0.05, 0) is 41.7 Å². The Morgan fingerprint density at radius 1 is 0.810 bits per heavy atom. The van der Waals surface area contributed by atoms with Gasteiger partial charge in [0.2, 0.25) is 0 Å². The van der Waals surface area contributed by atoms with Crippen LogP contribution in [0.2, 0.25) is 0 Å². The molecule has 0 saturated heterocycles. The molecule has 0 aliphatic rings. The van der Waals surface area contributed by atoms with Crippen molar-refractivity contribution in [2.75, 3.05) is 5.32 Å². The lowest BCUT2D eigenvalue weighted by Crippen LogP contribution is -1.99. The highest BCUT2D eigenvalue weighted by molar-refractivity contribution is 5.45. The molecule has 0 aliphatic carbocycles. The van der Waals surface area contributed by atoms with Crippen LogP contribution in [-0.2, 0) is 19.6 Å². The SMILES string of the molecule is CCCCCc1ccc(NCc2ccc(CO)cc2)cc1. The quantitative estimate of drug-likeness (QED) is 0.698. The van der Waals surface area contributed by atoms with Crippen LogP contribution in [0.1, 0.15) is 42.9 Å². The lowest BCUT2D eigenvalue weighted by Gasteiger charge is -2.08. The van der Waals surface area contributed by atoms with E-state index in [2.05, 4.69) is 48.6 Å². The van der Waals surface area contributed by atoms with Crippen LogP contribution < -0.4 is 5.32 Å². The smallest absolute Gasteiger partial charge is 0.0681 e. The van der Waals surface area contributed by atoms with Gasteiger partial charge in [0, 0.05) is 12.2 Å². The molecule has 112 valence electrons. The molecule has 0 heterocycles. The van der Waals surface area contributed by atoms with E-state index in [1.165, 1.54) is 36.8 Å². The summed E-state index contributed by atoms with van der Waals surface area (Å²) >= 11 is 0. The molecule has 0 saturated carbocycles. The molecule has 0 aliphatic heterocycles. The van der Waals surface area contributed by atoms with Gasteiger partial charge in [0.15, 0.2) is 0 Å². The number of hydrogen-bond donors (Lipinski definition) is 2. The molecule has 0 radical (unpaired) electrons. The summed E-state index contributed by atoms with van der Waals surface area (Å²) in [5, 5.41) is 12.5. The molecular weight excluding hydrogens is 258 g/mol. The zero-order chi connectivity index (χ0) is 14.9. The minimum Gasteiger partial charge on any atom is -0.392 e. The van der Waals surface area contributed by atoms with Gasteiger partial charge >= 0.3 is 0 Å². The van der Waals surface area contributed by atoms with E-state index >= 15 is 0 Å². The van der Waals surface area contributed by atoms with Crippen LogP contribution in [0.4, 0.5) is 5.69 Å². The van der Waals surface area contributed by atoms with Crippen LogP contribution in [0.25, 0.3) is 0 Å². The molecule has 0 unspecified atom stereocenters. The third kappa shape index (κ3) is 5.24. The Labute approximate surface area is 127 Å². The predicted octanol–water partition coefficient (Wildman–Crippen LogP) is 4.52. The Kier molecular flexibility index (Phi) is 6.29. The first-order valence-corrected chi connectivity index (χ1v) is 7.83. The number of aliphatic hydroxyl groups is 1. The van der Waals surface area contributed by atoms with Crippen molar-refractivity contribution in [2.24, 2.45) is 0 Å². The summed E-state index contributed by atoms with van der Waals surface area (Å²) in [4.78, 5) is 0. The van der Waals surface area contributed by atoms with Crippen molar-refractivity contribution in [3.8, 4) is 0 Å². The number of unbranched alkanes of at least 4 members (excludes halogenated alkanes) is 2. The number of benzene rings is 2. The van der Waals surface area contributed by atoms with Crippen LogP contribution in [0, 0.1) is 0 Å². The number of aliphatic hydroxyl groups excluding tert-OH is 1. The summed E-state index contributed by atoms with van der Waals surface area (Å²) in [6.45, 7) is 3.15. The minimum atomic E-state index is 0.104. The van der Waals surface area contributed by atoms with E-state index in [0.29, 0.717) is 0 Å². The fourth-order valence-corrected chi connectivity index (χ4v) is 2.34. The average molecular weight is 283 g/mol. The Morgan fingerprint density at radius 3 is 2.05 bits per heavy atom. The highest BCUT2D eigenvalue weighted by Crippen LogP contribution is 2.14. The van der Waals surface area contributed by atoms with Crippen LogP contribution in [-0.4, -0.2) is 5.11 Å². The van der Waals surface area contributed by atoms with E-state index in [1.807, 2.05) is 12.1 Å². The van der Waals surface area contributed by atoms with E-state index < -0.39 is 0 Å². The maximum Gasteiger partial charge on any atom is 0.0681 e. The van der Waals surface area contributed by atoms with E-state index in [4.69, 9.17) is 5.11 Å². The molecule has 0 aromatic heterocycles. The van der Waals surface area contributed by atoms with Gasteiger partial charge in [-0.25, -0.2) is 0 Å². The third-order valence-electron chi connectivity index (χ3n) is 3.73. The normalized spacial score (nSPS) is 10.6. The summed E-state index contributed by atoms with van der Waals surface area (Å²) in [5.41, 5.74) is 4.75. The predicted molar refractivity (Wildman–Crippen MR) is 89.4 cm³/mol. The van der Waals surface area contributed by atoms with Gasteiger partial charge in [-0.2, -0.15) is 0 Å². The van der Waals surface area contributed by atoms with Crippen LogP contribution in [0.5, 0.6) is 0 Å². The van der Waals surface area contributed by atoms with Gasteiger partial charge in [0.05, 0.1) is 6.61 Å². The Hall–Kier alpha value is -1.80. The van der Waals surface area contributed by atoms with E-state index in [-0.39, 0.29) is 6.61 Å². The summed E-state index contributed by atoms with van der Waals surface area (Å²) in [6, 6.07) is 16.8. The first kappa shape index (κ1) is 15.6. The van der Waals surface area contributed by atoms with Gasteiger partial charge in [0.25, 0.3) is 0 Å². The number of anilines is 1. The molecule has 0 fully saturated rings. The van der Waals surface area contributed by atoms with E-state index in [0.717, 1.165) is 17.8 Å². The summed E-state index contributed by atoms with van der Waals surface area (Å²) in [7, 11) is 0. The lowest BCUT2D eigenvalue weighted by molar-refractivity contribution is 0.282. The molecule has 2 aromatic carbocycles. The van der Waals surface area contributed by atoms with Gasteiger partial charge in [-0.1, -0.05) is 56.2 Å². The van der Waals surface area contributed by atoms with E-state index in [9.17, 15) is 0 Å². The van der Waals surface area contributed by atoms with Crippen molar-refractivity contribution in [3.05, 3.63) is 65.2 Å². The zero-order valence-electron chi connectivity index (χ0n) is 12.8. The monoisotopic (exact) mass is 283 g/mol. The molecule has 2 N–H and O–H groups in total. The molecule has 0 atom stereocenters. The molecule has 0 bridgehead atoms. The Balaban J connectivity index is 1.82. The number of aryl methyl sites for hydroxylation is 1. The number of nitrogens with one attached hydrogen (secondary N) is 1. The minimum absolute atomic E-state index is 0.104. The highest BCUT2D eigenvalue weighted by atomic mass is 16.3. The van der Waals surface area contributed by atoms with Gasteiger partial charge in [-0.15, -0.1) is 0 Å². The highest BCUT2D eigenvalue weighted by Gasteiger charge is 1.97. The summed E-state index contributed by atoms with van der Waals surface area (Å²) < 4.78 is 0. The van der Waals surface area contributed by atoms with Crippen molar-refractivity contribution in [1.29, 1.82) is 0 Å². The fraction of sp³-hybridized carbons (Fsp3) is 0.368. The van der Waals surface area contributed by atoms with Crippen molar-refractivity contribution in [2.45, 2.75) is 45.8 Å². The van der Waals surface area contributed by atoms with Crippen LogP contribution in [0.15, 0.2) is 48.5 Å². The lowest BCUT2D eigenvalue weighted by atomic mass is 10.1. The number of rotatable bonds is 8. The maximum absolute atomic E-state index is 9.02. The average Bonchev–Trinajstić information content (AvgIpc) is 2.55.